The molecule has 0 aliphatic rings. The number of hydrogen-bond donors (Lipinski definition) is 1. The van der Waals surface area contributed by atoms with Crippen LogP contribution in [0.1, 0.15) is 5.56 Å². The van der Waals surface area contributed by atoms with Crippen LogP contribution in [0.3, 0.4) is 0 Å². The number of benzene rings is 2. The third-order valence-electron chi connectivity index (χ3n) is 2.71. The minimum Gasteiger partial charge on any atom is -0.482 e. The summed E-state index contributed by atoms with van der Waals surface area (Å²) in [7, 11) is 0. The average molecular weight is 328 g/mol. The highest BCUT2D eigenvalue weighted by Gasteiger charge is 2.08. The molecular formula is C15H12Cl2FNO2. The van der Waals surface area contributed by atoms with Crippen molar-refractivity contribution < 1.29 is 13.9 Å². The van der Waals surface area contributed by atoms with Gasteiger partial charge in [-0.15, -0.1) is 0 Å². The van der Waals surface area contributed by atoms with E-state index < -0.39 is 5.82 Å². The van der Waals surface area contributed by atoms with Crippen molar-refractivity contribution in [2.24, 2.45) is 0 Å². The van der Waals surface area contributed by atoms with Crippen molar-refractivity contribution >= 4 is 34.8 Å². The molecule has 1 amide bonds. The van der Waals surface area contributed by atoms with Gasteiger partial charge in [0.15, 0.2) is 6.61 Å². The van der Waals surface area contributed by atoms with E-state index in [1.807, 2.05) is 6.92 Å². The Bertz CT molecular complexity index is 677. The topological polar surface area (TPSA) is 38.3 Å². The van der Waals surface area contributed by atoms with Crippen LogP contribution in [0.5, 0.6) is 5.75 Å². The van der Waals surface area contributed by atoms with Crippen LogP contribution >= 0.6 is 23.2 Å². The van der Waals surface area contributed by atoms with E-state index in [1.54, 1.807) is 18.2 Å². The number of hydrogen-bond acceptors (Lipinski definition) is 2. The van der Waals surface area contributed by atoms with Gasteiger partial charge in [-0.2, -0.15) is 0 Å². The number of nitrogens with one attached hydrogen (secondary N) is 1. The molecule has 0 bridgehead atoms. The zero-order valence-corrected chi connectivity index (χ0v) is 12.6. The van der Waals surface area contributed by atoms with Gasteiger partial charge in [0.1, 0.15) is 11.6 Å². The summed E-state index contributed by atoms with van der Waals surface area (Å²) in [6.45, 7) is 1.63. The monoisotopic (exact) mass is 327 g/mol. The van der Waals surface area contributed by atoms with Gasteiger partial charge >= 0.3 is 0 Å². The van der Waals surface area contributed by atoms with Gasteiger partial charge in [0.25, 0.3) is 5.91 Å². The van der Waals surface area contributed by atoms with E-state index in [0.29, 0.717) is 10.7 Å². The minimum atomic E-state index is -0.467. The van der Waals surface area contributed by atoms with Crippen molar-refractivity contribution in [3.63, 3.8) is 0 Å². The van der Waals surface area contributed by atoms with Crippen molar-refractivity contribution in [2.75, 3.05) is 11.9 Å². The Labute approximate surface area is 131 Å². The molecule has 2 aromatic carbocycles. The zero-order chi connectivity index (χ0) is 15.4. The summed E-state index contributed by atoms with van der Waals surface area (Å²) in [5.74, 6) is -0.587. The van der Waals surface area contributed by atoms with Crippen LogP contribution in [0.2, 0.25) is 10.0 Å². The molecule has 2 rings (SSSR count). The molecule has 21 heavy (non-hydrogen) atoms. The van der Waals surface area contributed by atoms with E-state index in [0.717, 1.165) is 11.6 Å². The van der Waals surface area contributed by atoms with E-state index >= 15 is 0 Å². The maximum Gasteiger partial charge on any atom is 0.262 e. The quantitative estimate of drug-likeness (QED) is 0.900. The van der Waals surface area contributed by atoms with Crippen molar-refractivity contribution in [2.45, 2.75) is 6.92 Å². The van der Waals surface area contributed by atoms with Crippen molar-refractivity contribution in [1.29, 1.82) is 0 Å². The van der Waals surface area contributed by atoms with Gasteiger partial charge in [-0.05, 0) is 42.8 Å². The number of carbonyl (C=O) groups is 1. The lowest BCUT2D eigenvalue weighted by Crippen LogP contribution is -2.20. The fraction of sp³-hybridized carbons (Fsp3) is 0.133. The number of halogens is 3. The third-order valence-corrected chi connectivity index (χ3v) is 3.41. The molecule has 0 heterocycles. The summed E-state index contributed by atoms with van der Waals surface area (Å²) < 4.78 is 18.1. The molecule has 0 atom stereocenters. The minimum absolute atomic E-state index is 0.112. The van der Waals surface area contributed by atoms with E-state index in [-0.39, 0.29) is 23.3 Å². The van der Waals surface area contributed by atoms with Crippen LogP contribution in [0, 0.1) is 12.7 Å². The summed E-state index contributed by atoms with van der Waals surface area (Å²) in [5, 5.41) is 3.32. The molecule has 2 aromatic rings. The van der Waals surface area contributed by atoms with E-state index in [1.165, 1.54) is 12.1 Å². The Hall–Kier alpha value is -1.78. The standard InChI is InChI=1S/C15H12Cl2FNO2/c1-9-2-4-11(7-12(9)16)19-15(20)8-21-14-5-3-10(18)6-13(14)17/h2-7H,8H2,1H3,(H,19,20). The Morgan fingerprint density at radius 3 is 2.62 bits per heavy atom. The van der Waals surface area contributed by atoms with Gasteiger partial charge in [0, 0.05) is 10.7 Å². The predicted molar refractivity (Wildman–Crippen MR) is 81.7 cm³/mol. The van der Waals surface area contributed by atoms with E-state index in [4.69, 9.17) is 27.9 Å². The molecule has 0 saturated carbocycles. The maximum atomic E-state index is 12.9. The number of ether oxygens (including phenoxy) is 1. The molecule has 0 unspecified atom stereocenters. The lowest BCUT2D eigenvalue weighted by molar-refractivity contribution is -0.118. The van der Waals surface area contributed by atoms with Crippen LogP contribution in [0.25, 0.3) is 0 Å². The molecule has 6 heteroatoms. The number of anilines is 1. The molecular weight excluding hydrogens is 316 g/mol. The smallest absolute Gasteiger partial charge is 0.262 e. The Morgan fingerprint density at radius 2 is 1.95 bits per heavy atom. The first-order chi connectivity index (χ1) is 9.95. The van der Waals surface area contributed by atoms with Gasteiger partial charge in [0.2, 0.25) is 0 Å². The lowest BCUT2D eigenvalue weighted by Gasteiger charge is -2.09. The first-order valence-corrected chi connectivity index (χ1v) is 6.85. The molecule has 0 radical (unpaired) electrons. The van der Waals surface area contributed by atoms with Gasteiger partial charge < -0.3 is 10.1 Å². The van der Waals surface area contributed by atoms with Crippen LogP contribution in [-0.2, 0) is 4.79 Å². The fourth-order valence-corrected chi connectivity index (χ4v) is 2.01. The van der Waals surface area contributed by atoms with Gasteiger partial charge in [-0.25, -0.2) is 4.39 Å². The van der Waals surface area contributed by atoms with Gasteiger partial charge in [0.05, 0.1) is 5.02 Å². The third kappa shape index (κ3) is 4.34. The van der Waals surface area contributed by atoms with Crippen LogP contribution in [0.15, 0.2) is 36.4 Å². The van der Waals surface area contributed by atoms with Crippen LogP contribution in [0.4, 0.5) is 10.1 Å². The molecule has 3 nitrogen and oxygen atoms in total. The first-order valence-electron chi connectivity index (χ1n) is 6.09. The Balaban J connectivity index is 1.94. The summed E-state index contributed by atoms with van der Waals surface area (Å²) >= 11 is 11.8. The van der Waals surface area contributed by atoms with Crippen molar-refractivity contribution in [3.8, 4) is 5.75 Å². The molecule has 0 spiro atoms. The average Bonchev–Trinajstić information content (AvgIpc) is 2.42. The SMILES string of the molecule is Cc1ccc(NC(=O)COc2ccc(F)cc2Cl)cc1Cl. The Morgan fingerprint density at radius 1 is 1.19 bits per heavy atom. The van der Waals surface area contributed by atoms with E-state index in [2.05, 4.69) is 5.32 Å². The second kappa shape index (κ2) is 6.78. The second-order valence-corrected chi connectivity index (χ2v) is 5.19. The summed E-state index contributed by atoms with van der Waals surface area (Å²) in [4.78, 5) is 11.8. The highest BCUT2D eigenvalue weighted by molar-refractivity contribution is 6.32. The Kier molecular flexibility index (Phi) is 5.04. The summed E-state index contributed by atoms with van der Waals surface area (Å²) in [6, 6.07) is 8.89. The van der Waals surface area contributed by atoms with Crippen LogP contribution in [-0.4, -0.2) is 12.5 Å². The number of rotatable bonds is 4. The predicted octanol–water partition coefficient (Wildman–Crippen LogP) is 4.46. The molecule has 1 N–H and O–H groups in total. The normalized spacial score (nSPS) is 10.3. The van der Waals surface area contributed by atoms with E-state index in [9.17, 15) is 9.18 Å². The molecule has 0 saturated heterocycles. The van der Waals surface area contributed by atoms with Crippen molar-refractivity contribution in [3.05, 3.63) is 57.8 Å². The number of aryl methyl sites for hydroxylation is 1. The lowest BCUT2D eigenvalue weighted by atomic mass is 10.2. The molecule has 0 aromatic heterocycles. The zero-order valence-electron chi connectivity index (χ0n) is 11.1. The largest absolute Gasteiger partial charge is 0.482 e. The van der Waals surface area contributed by atoms with Crippen LogP contribution < -0.4 is 10.1 Å². The van der Waals surface area contributed by atoms with Crippen molar-refractivity contribution in [1.82, 2.24) is 0 Å². The molecule has 0 aliphatic heterocycles. The number of amides is 1. The summed E-state index contributed by atoms with van der Waals surface area (Å²) in [6.07, 6.45) is 0. The molecule has 110 valence electrons. The summed E-state index contributed by atoms with van der Waals surface area (Å²) in [5.41, 5.74) is 1.49. The highest BCUT2D eigenvalue weighted by atomic mass is 35.5. The number of carbonyl (C=O) groups excluding carboxylic acids is 1. The van der Waals surface area contributed by atoms with Gasteiger partial charge in [-0.1, -0.05) is 29.3 Å². The molecule has 0 fully saturated rings. The van der Waals surface area contributed by atoms with Gasteiger partial charge in [-0.3, -0.25) is 4.79 Å². The molecule has 0 aliphatic carbocycles. The second-order valence-electron chi connectivity index (χ2n) is 4.38. The highest BCUT2D eigenvalue weighted by Crippen LogP contribution is 2.25. The first kappa shape index (κ1) is 15.6. The fourth-order valence-electron chi connectivity index (χ4n) is 1.60. The maximum absolute atomic E-state index is 12.9.